The van der Waals surface area contributed by atoms with E-state index in [0.29, 0.717) is 0 Å². The molecule has 0 amide bonds. The molecule has 0 spiro atoms. The molecule has 4 rings (SSSR count). The summed E-state index contributed by atoms with van der Waals surface area (Å²) in [6.45, 7) is 8.20. The minimum absolute atomic E-state index is 0. The maximum atomic E-state index is 4.81. The Bertz CT molecular complexity index is 986. The van der Waals surface area contributed by atoms with Crippen LogP contribution in [0.2, 0.25) is 0 Å². The quantitative estimate of drug-likeness (QED) is 0.312. The van der Waals surface area contributed by atoms with E-state index in [0.717, 1.165) is 45.0 Å². The number of pyridine rings is 2. The predicted molar refractivity (Wildman–Crippen MR) is 107 cm³/mol. The number of benzene rings is 2. The minimum atomic E-state index is 0. The number of rotatable bonds is 3. The Hall–Kier alpha value is -2.83. The van der Waals surface area contributed by atoms with E-state index in [1.165, 1.54) is 0 Å². The molecule has 0 fully saturated rings. The van der Waals surface area contributed by atoms with Gasteiger partial charge in [0.2, 0.25) is 0 Å². The van der Waals surface area contributed by atoms with Crippen LogP contribution in [0.1, 0.15) is 11.1 Å². The van der Waals surface area contributed by atoms with E-state index in [9.17, 15) is 0 Å². The van der Waals surface area contributed by atoms with Crippen molar-refractivity contribution in [2.45, 2.75) is 0 Å². The van der Waals surface area contributed by atoms with Gasteiger partial charge in [-0.25, -0.2) is 0 Å². The van der Waals surface area contributed by atoms with E-state index in [2.05, 4.69) is 13.8 Å². The van der Waals surface area contributed by atoms with Gasteiger partial charge in [-0.3, -0.25) is 9.97 Å². The van der Waals surface area contributed by atoms with Crippen molar-refractivity contribution >= 4 is 0 Å². The van der Waals surface area contributed by atoms with Gasteiger partial charge in [-0.1, -0.05) is 24.3 Å². The Balaban J connectivity index is 0.00000210. The van der Waals surface area contributed by atoms with Crippen LogP contribution in [-0.4, -0.2) is 9.97 Å². The van der Waals surface area contributed by atoms with Crippen LogP contribution in [0.5, 0.6) is 0 Å². The molecule has 0 N–H and O–H groups in total. The number of hydrogen-bond acceptors (Lipinski definition) is 2. The van der Waals surface area contributed by atoms with E-state index < -0.39 is 0 Å². The summed E-state index contributed by atoms with van der Waals surface area (Å²) in [4.78, 5) is 9.63. The molecule has 0 bridgehead atoms. The van der Waals surface area contributed by atoms with Crippen LogP contribution in [0.3, 0.4) is 0 Å². The molecule has 3 heteroatoms. The summed E-state index contributed by atoms with van der Waals surface area (Å²) in [6, 6.07) is 28.0. The molecule has 4 aromatic rings. The summed E-state index contributed by atoms with van der Waals surface area (Å²) < 4.78 is 0. The second-order valence-corrected chi connectivity index (χ2v) is 6.13. The average Bonchev–Trinajstić information content (AvgIpc) is 2.69. The topological polar surface area (TPSA) is 25.8 Å². The molecule has 0 aliphatic heterocycles. The van der Waals surface area contributed by atoms with Gasteiger partial charge in [-0.2, -0.15) is 37.1 Å². The normalized spacial score (nSPS) is 10.2. The molecule has 2 nitrogen and oxygen atoms in total. The van der Waals surface area contributed by atoms with Crippen molar-refractivity contribution in [3.63, 3.8) is 0 Å². The molecule has 2 aromatic heterocycles. The van der Waals surface area contributed by atoms with Crippen molar-refractivity contribution in [1.29, 1.82) is 0 Å². The van der Waals surface area contributed by atoms with Crippen LogP contribution in [0.15, 0.2) is 84.9 Å². The Morgan fingerprint density at radius 2 is 0.815 bits per heavy atom. The van der Waals surface area contributed by atoms with Gasteiger partial charge >= 0.3 is 21.1 Å². The zero-order valence-corrected chi connectivity index (χ0v) is 17.0. The van der Waals surface area contributed by atoms with Gasteiger partial charge in [0, 0.05) is 11.4 Å². The molecule has 0 aliphatic carbocycles. The molecular formula is C24H18N2Pt. The summed E-state index contributed by atoms with van der Waals surface area (Å²) in [5.74, 6) is 0. The van der Waals surface area contributed by atoms with Crippen LogP contribution < -0.4 is 0 Å². The molecule has 0 saturated carbocycles. The average molecular weight is 530 g/mol. The molecule has 0 radical (unpaired) electrons. The summed E-state index contributed by atoms with van der Waals surface area (Å²) in [6.07, 6.45) is 0. The van der Waals surface area contributed by atoms with Gasteiger partial charge < -0.3 is 0 Å². The smallest absolute Gasteiger partial charge is 0.259 e. The molecule has 134 valence electrons. The van der Waals surface area contributed by atoms with E-state index in [1.807, 2.05) is 84.9 Å². The number of aromatic nitrogens is 2. The maximum absolute atomic E-state index is 4.81. The molecule has 2 aromatic carbocycles. The summed E-state index contributed by atoms with van der Waals surface area (Å²) in [5.41, 5.74) is 7.48. The van der Waals surface area contributed by atoms with Crippen molar-refractivity contribution in [2.24, 2.45) is 0 Å². The van der Waals surface area contributed by atoms with Crippen molar-refractivity contribution < 1.29 is 21.1 Å². The summed E-state index contributed by atoms with van der Waals surface area (Å²) in [5, 5.41) is 0. The maximum Gasteiger partial charge on any atom is 2.00 e. The van der Waals surface area contributed by atoms with E-state index in [-0.39, 0.29) is 21.1 Å². The van der Waals surface area contributed by atoms with Gasteiger partial charge in [0.25, 0.3) is 0 Å². The van der Waals surface area contributed by atoms with Gasteiger partial charge in [0.15, 0.2) is 0 Å². The number of hydrogen-bond donors (Lipinski definition) is 0. The molecule has 0 unspecified atom stereocenters. The van der Waals surface area contributed by atoms with Crippen LogP contribution in [-0.2, 0) is 21.1 Å². The van der Waals surface area contributed by atoms with E-state index >= 15 is 0 Å². The third-order valence-electron chi connectivity index (χ3n) is 4.35. The predicted octanol–water partition coefficient (Wildman–Crippen LogP) is 5.84. The zero-order chi connectivity index (χ0) is 17.9. The van der Waals surface area contributed by atoms with Gasteiger partial charge in [0.05, 0.1) is 11.4 Å². The fraction of sp³-hybridized carbons (Fsp3) is 0. The van der Waals surface area contributed by atoms with Crippen LogP contribution in [0, 0.1) is 13.8 Å². The third kappa shape index (κ3) is 3.97. The molecule has 0 saturated heterocycles. The second-order valence-electron chi connectivity index (χ2n) is 6.13. The fourth-order valence-electron chi connectivity index (χ4n) is 3.00. The van der Waals surface area contributed by atoms with Crippen LogP contribution in [0.4, 0.5) is 0 Å². The van der Waals surface area contributed by atoms with Gasteiger partial charge in [0.1, 0.15) is 0 Å². The fourth-order valence-corrected chi connectivity index (χ4v) is 3.00. The Morgan fingerprint density at radius 1 is 0.444 bits per heavy atom. The Labute approximate surface area is 174 Å². The van der Waals surface area contributed by atoms with Gasteiger partial charge in [-0.15, -0.1) is 35.4 Å². The van der Waals surface area contributed by atoms with E-state index in [1.54, 1.807) is 0 Å². The van der Waals surface area contributed by atoms with Crippen LogP contribution in [0.25, 0.3) is 33.9 Å². The Morgan fingerprint density at radius 3 is 1.22 bits per heavy atom. The van der Waals surface area contributed by atoms with Crippen molar-refractivity contribution in [2.75, 3.05) is 0 Å². The first-order chi connectivity index (χ1) is 12.7. The molecule has 0 aliphatic rings. The van der Waals surface area contributed by atoms with Crippen LogP contribution >= 0.6 is 0 Å². The second kappa shape index (κ2) is 8.24. The first-order valence-electron chi connectivity index (χ1n) is 8.49. The first kappa shape index (κ1) is 18.9. The SMILES string of the molecule is [CH2-]c1ccccc1-c1cccc(-c2cccc(-c3ccccc3[CH2-])n2)n1.[Pt+2]. The molecular weight excluding hydrogens is 511 g/mol. The van der Waals surface area contributed by atoms with E-state index in [4.69, 9.17) is 9.97 Å². The summed E-state index contributed by atoms with van der Waals surface area (Å²) in [7, 11) is 0. The summed E-state index contributed by atoms with van der Waals surface area (Å²) >= 11 is 0. The number of nitrogens with zero attached hydrogens (tertiary/aromatic N) is 2. The molecule has 27 heavy (non-hydrogen) atoms. The Kier molecular flexibility index (Phi) is 5.78. The zero-order valence-electron chi connectivity index (χ0n) is 14.7. The standard InChI is InChI=1S/C24H18N2.Pt/c1-17-9-3-5-11-19(17)21-13-7-15-23(25-21)24-16-8-14-22(26-24)20-12-6-4-10-18(20)2;/h3-16H,1-2H2;/q-2;+2. The molecule has 2 heterocycles. The first-order valence-corrected chi connectivity index (χ1v) is 8.49. The van der Waals surface area contributed by atoms with Crippen molar-refractivity contribution in [3.05, 3.63) is 110 Å². The largest absolute Gasteiger partial charge is 2.00 e. The monoisotopic (exact) mass is 529 g/mol. The van der Waals surface area contributed by atoms with Crippen molar-refractivity contribution in [3.8, 4) is 33.9 Å². The minimum Gasteiger partial charge on any atom is -0.259 e. The van der Waals surface area contributed by atoms with Gasteiger partial charge in [-0.05, 0) is 24.3 Å². The van der Waals surface area contributed by atoms with Crippen molar-refractivity contribution in [1.82, 2.24) is 9.97 Å². The molecule has 0 atom stereocenters. The third-order valence-corrected chi connectivity index (χ3v) is 4.35.